The van der Waals surface area contributed by atoms with Gasteiger partial charge in [0.05, 0.1) is 0 Å². The van der Waals surface area contributed by atoms with Crippen LogP contribution in [0.25, 0.3) is 0 Å². The van der Waals surface area contributed by atoms with Crippen LogP contribution < -0.4 is 20.7 Å². The molecule has 0 radical (unpaired) electrons. The third-order valence-electron chi connectivity index (χ3n) is 4.33. The fourth-order valence-corrected chi connectivity index (χ4v) is 2.62. The molecule has 0 bridgehead atoms. The molecule has 25 heavy (non-hydrogen) atoms. The van der Waals surface area contributed by atoms with E-state index < -0.39 is 18.6 Å². The van der Waals surface area contributed by atoms with Gasteiger partial charge in [-0.15, -0.1) is 0 Å². The van der Waals surface area contributed by atoms with E-state index in [1.807, 2.05) is 0 Å². The van der Waals surface area contributed by atoms with Gasteiger partial charge in [-0.25, -0.2) is 0 Å². The van der Waals surface area contributed by atoms with Crippen LogP contribution in [-0.2, 0) is 9.59 Å². The summed E-state index contributed by atoms with van der Waals surface area (Å²) in [4.78, 5) is 26.3. The van der Waals surface area contributed by atoms with E-state index in [1.54, 1.807) is 26.0 Å². The molecule has 3 N–H and O–H groups in total. The standard InChI is InChI=1S/C17H23F2N3O3/c1-10(11(2)20)15(23)21-14-4-3-9-22(16(14)24)12-5-7-13(8-6-12)25-17(18)19/h5-8,10-11,14,17H,3-4,9,20H2,1-2H3,(H,21,23). The van der Waals surface area contributed by atoms with Gasteiger partial charge in [-0.3, -0.25) is 9.59 Å². The van der Waals surface area contributed by atoms with Crippen molar-refractivity contribution in [2.75, 3.05) is 11.4 Å². The second kappa shape index (κ2) is 8.24. The van der Waals surface area contributed by atoms with Crippen LogP contribution in [0.3, 0.4) is 0 Å². The molecule has 3 unspecified atom stereocenters. The van der Waals surface area contributed by atoms with Crippen LogP contribution in [0.1, 0.15) is 26.7 Å². The van der Waals surface area contributed by atoms with E-state index in [-0.39, 0.29) is 23.6 Å². The van der Waals surface area contributed by atoms with E-state index in [0.29, 0.717) is 18.7 Å². The molecule has 1 aromatic rings. The summed E-state index contributed by atoms with van der Waals surface area (Å²) in [5, 5.41) is 2.75. The van der Waals surface area contributed by atoms with Crippen molar-refractivity contribution in [3.63, 3.8) is 0 Å². The van der Waals surface area contributed by atoms with Crippen LogP contribution in [0.5, 0.6) is 5.75 Å². The largest absolute Gasteiger partial charge is 0.435 e. The Bertz CT molecular complexity index is 608. The SMILES string of the molecule is CC(N)C(C)C(=O)NC1CCCN(c2ccc(OC(F)F)cc2)C1=O. The van der Waals surface area contributed by atoms with E-state index in [9.17, 15) is 18.4 Å². The van der Waals surface area contributed by atoms with E-state index in [0.717, 1.165) is 6.42 Å². The number of nitrogens with two attached hydrogens (primary N) is 1. The van der Waals surface area contributed by atoms with Gasteiger partial charge < -0.3 is 20.7 Å². The fourth-order valence-electron chi connectivity index (χ4n) is 2.62. The molecule has 1 heterocycles. The number of carbonyl (C=O) groups excluding carboxylic acids is 2. The van der Waals surface area contributed by atoms with Gasteiger partial charge in [-0.05, 0) is 44.0 Å². The molecule has 0 aromatic heterocycles. The lowest BCUT2D eigenvalue weighted by Gasteiger charge is -2.33. The van der Waals surface area contributed by atoms with Gasteiger partial charge >= 0.3 is 6.61 Å². The van der Waals surface area contributed by atoms with E-state index in [4.69, 9.17) is 5.73 Å². The van der Waals surface area contributed by atoms with Gasteiger partial charge in [-0.2, -0.15) is 8.78 Å². The van der Waals surface area contributed by atoms with E-state index in [2.05, 4.69) is 10.1 Å². The van der Waals surface area contributed by atoms with Crippen molar-refractivity contribution in [2.45, 2.75) is 45.4 Å². The molecule has 2 amide bonds. The number of nitrogens with one attached hydrogen (secondary N) is 1. The van der Waals surface area contributed by atoms with Gasteiger partial charge in [-0.1, -0.05) is 6.92 Å². The Morgan fingerprint density at radius 1 is 1.32 bits per heavy atom. The summed E-state index contributed by atoms with van der Waals surface area (Å²) in [6.07, 6.45) is 1.28. The number of hydrogen-bond acceptors (Lipinski definition) is 4. The van der Waals surface area contributed by atoms with Crippen LogP contribution in [0.15, 0.2) is 24.3 Å². The maximum atomic E-state index is 12.6. The molecular weight excluding hydrogens is 332 g/mol. The second-order valence-corrected chi connectivity index (χ2v) is 6.21. The summed E-state index contributed by atoms with van der Waals surface area (Å²) in [6, 6.07) is 4.94. The predicted molar refractivity (Wildman–Crippen MR) is 89.4 cm³/mol. The molecule has 138 valence electrons. The maximum absolute atomic E-state index is 12.6. The van der Waals surface area contributed by atoms with Crippen molar-refractivity contribution in [1.82, 2.24) is 5.32 Å². The number of nitrogens with zero attached hydrogens (tertiary/aromatic N) is 1. The Labute approximate surface area is 145 Å². The molecule has 0 saturated carbocycles. The minimum Gasteiger partial charge on any atom is -0.435 e. The first-order chi connectivity index (χ1) is 11.8. The predicted octanol–water partition coefficient (Wildman–Crippen LogP) is 1.88. The zero-order valence-corrected chi connectivity index (χ0v) is 14.2. The van der Waals surface area contributed by atoms with E-state index in [1.165, 1.54) is 17.0 Å². The number of ether oxygens (including phenoxy) is 1. The second-order valence-electron chi connectivity index (χ2n) is 6.21. The third-order valence-corrected chi connectivity index (χ3v) is 4.33. The lowest BCUT2D eigenvalue weighted by atomic mass is 10.00. The minimum absolute atomic E-state index is 0.0267. The van der Waals surface area contributed by atoms with Crippen molar-refractivity contribution in [3.05, 3.63) is 24.3 Å². The third kappa shape index (κ3) is 4.88. The summed E-state index contributed by atoms with van der Waals surface area (Å²) >= 11 is 0. The highest BCUT2D eigenvalue weighted by atomic mass is 19.3. The lowest BCUT2D eigenvalue weighted by Crippen LogP contribution is -2.54. The first-order valence-electron chi connectivity index (χ1n) is 8.21. The number of carbonyl (C=O) groups is 2. The molecule has 1 fully saturated rings. The lowest BCUT2D eigenvalue weighted by molar-refractivity contribution is -0.130. The molecule has 6 nitrogen and oxygen atoms in total. The summed E-state index contributed by atoms with van der Waals surface area (Å²) in [6.45, 7) is 1.06. The van der Waals surface area contributed by atoms with Crippen LogP contribution in [-0.4, -0.2) is 37.1 Å². The molecule has 1 aliphatic heterocycles. The molecule has 2 rings (SSSR count). The number of halogens is 2. The van der Waals surface area contributed by atoms with Crippen LogP contribution in [0.2, 0.25) is 0 Å². The number of amides is 2. The molecule has 3 atom stereocenters. The van der Waals surface area contributed by atoms with Crippen molar-refractivity contribution >= 4 is 17.5 Å². The minimum atomic E-state index is -2.89. The van der Waals surface area contributed by atoms with Gasteiger partial charge in [0.25, 0.3) is 0 Å². The Hall–Kier alpha value is -2.22. The Morgan fingerprint density at radius 3 is 2.52 bits per heavy atom. The normalized spacial score (nSPS) is 20.3. The summed E-state index contributed by atoms with van der Waals surface area (Å²) in [7, 11) is 0. The summed E-state index contributed by atoms with van der Waals surface area (Å²) < 4.78 is 28.7. The number of anilines is 1. The van der Waals surface area contributed by atoms with Gasteiger partial charge in [0.2, 0.25) is 11.8 Å². The maximum Gasteiger partial charge on any atom is 0.387 e. The average molecular weight is 355 g/mol. The Morgan fingerprint density at radius 2 is 1.96 bits per heavy atom. The van der Waals surface area contributed by atoms with Gasteiger partial charge in [0, 0.05) is 24.2 Å². The number of piperidine rings is 1. The van der Waals surface area contributed by atoms with Crippen LogP contribution in [0, 0.1) is 5.92 Å². The molecule has 1 aromatic carbocycles. The summed E-state index contributed by atoms with van der Waals surface area (Å²) in [5.41, 5.74) is 6.30. The number of benzene rings is 1. The first-order valence-corrected chi connectivity index (χ1v) is 8.21. The first kappa shape index (κ1) is 19.1. The molecule has 1 aliphatic rings. The van der Waals surface area contributed by atoms with Crippen molar-refractivity contribution in [2.24, 2.45) is 11.7 Å². The molecular formula is C17H23F2N3O3. The smallest absolute Gasteiger partial charge is 0.387 e. The quantitative estimate of drug-likeness (QED) is 0.816. The summed E-state index contributed by atoms with van der Waals surface area (Å²) in [5.74, 6) is -0.845. The van der Waals surface area contributed by atoms with Gasteiger partial charge in [0.1, 0.15) is 11.8 Å². The highest BCUT2D eigenvalue weighted by Crippen LogP contribution is 2.24. The number of hydrogen-bond donors (Lipinski definition) is 2. The highest BCUT2D eigenvalue weighted by Gasteiger charge is 2.32. The Kier molecular flexibility index (Phi) is 6.30. The highest BCUT2D eigenvalue weighted by molar-refractivity contribution is 6.00. The zero-order chi connectivity index (χ0) is 18.6. The number of alkyl halides is 2. The van der Waals surface area contributed by atoms with Crippen molar-refractivity contribution in [3.8, 4) is 5.75 Å². The zero-order valence-electron chi connectivity index (χ0n) is 14.2. The number of rotatable bonds is 6. The average Bonchev–Trinajstić information content (AvgIpc) is 2.56. The Balaban J connectivity index is 2.05. The van der Waals surface area contributed by atoms with Crippen LogP contribution >= 0.6 is 0 Å². The van der Waals surface area contributed by atoms with Crippen LogP contribution in [0.4, 0.5) is 14.5 Å². The topological polar surface area (TPSA) is 84.7 Å². The molecule has 8 heteroatoms. The molecule has 0 spiro atoms. The van der Waals surface area contributed by atoms with Crippen molar-refractivity contribution < 1.29 is 23.1 Å². The van der Waals surface area contributed by atoms with Gasteiger partial charge in [0.15, 0.2) is 0 Å². The molecule has 1 saturated heterocycles. The molecule has 0 aliphatic carbocycles. The van der Waals surface area contributed by atoms with Crippen molar-refractivity contribution in [1.29, 1.82) is 0 Å². The van der Waals surface area contributed by atoms with E-state index >= 15 is 0 Å². The monoisotopic (exact) mass is 355 g/mol. The fraction of sp³-hybridized carbons (Fsp3) is 0.529.